The SMILES string of the molecule is CC1CCCNC1C(=O)NOCC(N)=O. The van der Waals surface area contributed by atoms with E-state index in [1.807, 2.05) is 6.92 Å². The average molecular weight is 215 g/mol. The molecule has 0 aromatic rings. The number of primary amides is 1. The molecule has 0 aromatic carbocycles. The predicted octanol–water partition coefficient (Wildman–Crippen LogP) is -1.09. The Hall–Kier alpha value is -1.14. The van der Waals surface area contributed by atoms with Gasteiger partial charge in [0.1, 0.15) is 0 Å². The van der Waals surface area contributed by atoms with Gasteiger partial charge < -0.3 is 11.1 Å². The largest absolute Gasteiger partial charge is 0.368 e. The van der Waals surface area contributed by atoms with E-state index in [4.69, 9.17) is 5.73 Å². The fraction of sp³-hybridized carbons (Fsp3) is 0.778. The van der Waals surface area contributed by atoms with Crippen LogP contribution in [0.2, 0.25) is 0 Å². The Labute approximate surface area is 88.5 Å². The fourth-order valence-corrected chi connectivity index (χ4v) is 1.64. The normalized spacial score (nSPS) is 25.9. The second-order valence-corrected chi connectivity index (χ2v) is 3.77. The maximum atomic E-state index is 11.5. The molecule has 1 aliphatic rings. The molecule has 1 heterocycles. The van der Waals surface area contributed by atoms with Crippen LogP contribution in [0.1, 0.15) is 19.8 Å². The van der Waals surface area contributed by atoms with Crippen molar-refractivity contribution in [2.75, 3.05) is 13.2 Å². The van der Waals surface area contributed by atoms with Crippen molar-refractivity contribution in [2.24, 2.45) is 11.7 Å². The molecule has 6 heteroatoms. The molecule has 1 saturated heterocycles. The van der Waals surface area contributed by atoms with Crippen LogP contribution in [0.3, 0.4) is 0 Å². The summed E-state index contributed by atoms with van der Waals surface area (Å²) in [6.45, 7) is 2.54. The summed E-state index contributed by atoms with van der Waals surface area (Å²) < 4.78 is 0. The molecule has 1 fully saturated rings. The Morgan fingerprint density at radius 2 is 2.33 bits per heavy atom. The minimum Gasteiger partial charge on any atom is -0.368 e. The Balaban J connectivity index is 2.29. The zero-order valence-electron chi connectivity index (χ0n) is 8.79. The highest BCUT2D eigenvalue weighted by Gasteiger charge is 2.27. The topological polar surface area (TPSA) is 93.4 Å². The van der Waals surface area contributed by atoms with Gasteiger partial charge in [-0.1, -0.05) is 6.92 Å². The molecule has 86 valence electrons. The van der Waals surface area contributed by atoms with Crippen LogP contribution >= 0.6 is 0 Å². The highest BCUT2D eigenvalue weighted by molar-refractivity contribution is 5.81. The minimum absolute atomic E-state index is 0.244. The summed E-state index contributed by atoms with van der Waals surface area (Å²) >= 11 is 0. The third kappa shape index (κ3) is 3.85. The number of carbonyl (C=O) groups is 2. The third-order valence-electron chi connectivity index (χ3n) is 2.44. The quantitative estimate of drug-likeness (QED) is 0.519. The van der Waals surface area contributed by atoms with Crippen molar-refractivity contribution < 1.29 is 14.4 Å². The molecule has 4 N–H and O–H groups in total. The lowest BCUT2D eigenvalue weighted by Crippen LogP contribution is -2.51. The Morgan fingerprint density at radius 3 is 2.93 bits per heavy atom. The summed E-state index contributed by atoms with van der Waals surface area (Å²) in [5.74, 6) is -0.584. The van der Waals surface area contributed by atoms with Crippen LogP contribution in [-0.2, 0) is 14.4 Å². The monoisotopic (exact) mass is 215 g/mol. The summed E-state index contributed by atoms with van der Waals surface area (Å²) in [5, 5.41) is 3.10. The first-order valence-corrected chi connectivity index (χ1v) is 5.04. The number of rotatable bonds is 4. The van der Waals surface area contributed by atoms with Gasteiger partial charge in [0.05, 0.1) is 6.04 Å². The molecule has 2 amide bonds. The highest BCUT2D eigenvalue weighted by Crippen LogP contribution is 2.15. The minimum atomic E-state index is -0.611. The summed E-state index contributed by atoms with van der Waals surface area (Å²) in [6.07, 6.45) is 2.09. The predicted molar refractivity (Wildman–Crippen MR) is 53.5 cm³/mol. The van der Waals surface area contributed by atoms with E-state index in [2.05, 4.69) is 15.6 Å². The van der Waals surface area contributed by atoms with Crippen LogP contribution in [0.15, 0.2) is 0 Å². The molecule has 1 rings (SSSR count). The molecule has 15 heavy (non-hydrogen) atoms. The van der Waals surface area contributed by atoms with Crippen LogP contribution in [0.25, 0.3) is 0 Å². The Morgan fingerprint density at radius 1 is 1.60 bits per heavy atom. The zero-order chi connectivity index (χ0) is 11.3. The number of piperidine rings is 1. The second-order valence-electron chi connectivity index (χ2n) is 3.77. The summed E-state index contributed by atoms with van der Waals surface area (Å²) in [4.78, 5) is 26.5. The molecule has 0 radical (unpaired) electrons. The van der Waals surface area contributed by atoms with Crippen molar-refractivity contribution in [3.63, 3.8) is 0 Å². The van der Waals surface area contributed by atoms with Crippen molar-refractivity contribution in [1.82, 2.24) is 10.8 Å². The van der Waals surface area contributed by atoms with Gasteiger partial charge in [0.25, 0.3) is 5.91 Å². The van der Waals surface area contributed by atoms with Gasteiger partial charge in [-0.3, -0.25) is 14.4 Å². The number of nitrogens with two attached hydrogens (primary N) is 1. The van der Waals surface area contributed by atoms with Crippen molar-refractivity contribution >= 4 is 11.8 Å². The van der Waals surface area contributed by atoms with E-state index in [0.717, 1.165) is 19.4 Å². The van der Waals surface area contributed by atoms with E-state index < -0.39 is 5.91 Å². The van der Waals surface area contributed by atoms with Gasteiger partial charge >= 0.3 is 0 Å². The van der Waals surface area contributed by atoms with Gasteiger partial charge in [0.2, 0.25) is 5.91 Å². The number of hydrogen-bond acceptors (Lipinski definition) is 4. The average Bonchev–Trinajstić information content (AvgIpc) is 2.17. The second kappa shape index (κ2) is 5.67. The molecular weight excluding hydrogens is 198 g/mol. The molecule has 2 atom stereocenters. The van der Waals surface area contributed by atoms with Gasteiger partial charge in [0, 0.05) is 0 Å². The first-order chi connectivity index (χ1) is 7.11. The smallest absolute Gasteiger partial charge is 0.260 e. The first kappa shape index (κ1) is 11.9. The first-order valence-electron chi connectivity index (χ1n) is 5.04. The molecule has 0 spiro atoms. The molecule has 0 bridgehead atoms. The van der Waals surface area contributed by atoms with E-state index >= 15 is 0 Å². The standard InChI is InChI=1S/C9H17N3O3/c1-6-3-2-4-11-8(6)9(14)12-15-5-7(10)13/h6,8,11H,2-5H2,1H3,(H2,10,13)(H,12,14). The van der Waals surface area contributed by atoms with Crippen LogP contribution in [-0.4, -0.2) is 31.0 Å². The van der Waals surface area contributed by atoms with Gasteiger partial charge in [-0.05, 0) is 25.3 Å². The fourth-order valence-electron chi connectivity index (χ4n) is 1.64. The van der Waals surface area contributed by atoms with E-state index in [1.165, 1.54) is 0 Å². The molecule has 0 aromatic heterocycles. The Kier molecular flexibility index (Phi) is 4.51. The zero-order valence-corrected chi connectivity index (χ0v) is 8.79. The maximum Gasteiger partial charge on any atom is 0.260 e. The lowest BCUT2D eigenvalue weighted by atomic mass is 9.92. The summed E-state index contributed by atoms with van der Waals surface area (Å²) in [6, 6.07) is -0.244. The molecule has 0 saturated carbocycles. The highest BCUT2D eigenvalue weighted by atomic mass is 16.7. The number of amides is 2. The number of hydrogen-bond donors (Lipinski definition) is 3. The molecule has 2 unspecified atom stereocenters. The van der Waals surface area contributed by atoms with Gasteiger partial charge in [0.15, 0.2) is 6.61 Å². The van der Waals surface area contributed by atoms with Crippen LogP contribution in [0.4, 0.5) is 0 Å². The van der Waals surface area contributed by atoms with Crippen LogP contribution in [0.5, 0.6) is 0 Å². The third-order valence-corrected chi connectivity index (χ3v) is 2.44. The molecule has 6 nitrogen and oxygen atoms in total. The molecule has 0 aliphatic carbocycles. The van der Waals surface area contributed by atoms with E-state index in [9.17, 15) is 9.59 Å². The summed E-state index contributed by atoms with van der Waals surface area (Å²) in [5.41, 5.74) is 7.07. The van der Waals surface area contributed by atoms with Gasteiger partial charge in [-0.15, -0.1) is 0 Å². The summed E-state index contributed by atoms with van der Waals surface area (Å²) in [7, 11) is 0. The number of carbonyl (C=O) groups excluding carboxylic acids is 2. The lowest BCUT2D eigenvalue weighted by Gasteiger charge is -2.28. The van der Waals surface area contributed by atoms with E-state index in [-0.39, 0.29) is 24.5 Å². The number of hydroxylamine groups is 1. The van der Waals surface area contributed by atoms with E-state index in [0.29, 0.717) is 0 Å². The Bertz CT molecular complexity index is 245. The van der Waals surface area contributed by atoms with Gasteiger partial charge in [-0.2, -0.15) is 0 Å². The van der Waals surface area contributed by atoms with Crippen LogP contribution in [0, 0.1) is 5.92 Å². The molecule has 1 aliphatic heterocycles. The van der Waals surface area contributed by atoms with Crippen molar-refractivity contribution in [2.45, 2.75) is 25.8 Å². The van der Waals surface area contributed by atoms with E-state index in [1.54, 1.807) is 0 Å². The lowest BCUT2D eigenvalue weighted by molar-refractivity contribution is -0.141. The molecular formula is C9H17N3O3. The number of nitrogens with one attached hydrogen (secondary N) is 2. The van der Waals surface area contributed by atoms with Crippen LogP contribution < -0.4 is 16.5 Å². The van der Waals surface area contributed by atoms with Crippen molar-refractivity contribution in [3.8, 4) is 0 Å². The maximum absolute atomic E-state index is 11.5. The van der Waals surface area contributed by atoms with Gasteiger partial charge in [-0.25, -0.2) is 5.48 Å². The van der Waals surface area contributed by atoms with Crippen molar-refractivity contribution in [3.05, 3.63) is 0 Å². The van der Waals surface area contributed by atoms with Crippen molar-refractivity contribution in [1.29, 1.82) is 0 Å².